The van der Waals surface area contributed by atoms with Gasteiger partial charge in [-0.05, 0) is 30.7 Å². The van der Waals surface area contributed by atoms with Crippen molar-refractivity contribution in [2.75, 3.05) is 66.0 Å². The maximum Gasteiger partial charge on any atom is 0.234 e. The van der Waals surface area contributed by atoms with Gasteiger partial charge in [0.25, 0.3) is 0 Å². The van der Waals surface area contributed by atoms with Crippen LogP contribution in [0.1, 0.15) is 18.2 Å². The molecule has 7 heteroatoms. The van der Waals surface area contributed by atoms with E-state index in [1.807, 2.05) is 37.4 Å². The highest BCUT2D eigenvalue weighted by Crippen LogP contribution is 2.07. The zero-order valence-corrected chi connectivity index (χ0v) is 20.9. The topological polar surface area (TPSA) is 64.1 Å². The van der Waals surface area contributed by atoms with Crippen molar-refractivity contribution >= 4 is 11.6 Å². The lowest BCUT2D eigenvalue weighted by Gasteiger charge is -2.34. The second-order valence-corrected chi connectivity index (χ2v) is 8.34. The van der Waals surface area contributed by atoms with Crippen molar-refractivity contribution in [3.8, 4) is 0 Å². The van der Waals surface area contributed by atoms with Crippen LogP contribution >= 0.6 is 0 Å². The second-order valence-electron chi connectivity index (χ2n) is 8.34. The molecule has 1 saturated heterocycles. The first-order valence-electron chi connectivity index (χ1n) is 11.9. The molecule has 1 amide bonds. The third-order valence-corrected chi connectivity index (χ3v) is 5.95. The molecule has 1 aromatic heterocycles. The molecule has 34 heavy (non-hydrogen) atoms. The van der Waals surface area contributed by atoms with Crippen molar-refractivity contribution in [1.29, 1.82) is 0 Å². The zero-order chi connectivity index (χ0) is 24.8. The number of allylic oxidation sites excluding steroid dienone is 2. The van der Waals surface area contributed by atoms with E-state index in [9.17, 15) is 4.79 Å². The molecule has 1 aromatic rings. The number of hydrogen-bond acceptors (Lipinski definition) is 6. The minimum atomic E-state index is 0.0746. The fraction of sp³-hybridized carbons (Fsp3) is 0.444. The van der Waals surface area contributed by atoms with Gasteiger partial charge in [0.15, 0.2) is 0 Å². The summed E-state index contributed by atoms with van der Waals surface area (Å²) in [5.41, 5.74) is 3.99. The number of aliphatic imine (C=N–C) groups is 1. The van der Waals surface area contributed by atoms with Gasteiger partial charge in [-0.2, -0.15) is 0 Å². The number of carbonyl (C=O) groups excluding carboxylic acids is 1. The summed E-state index contributed by atoms with van der Waals surface area (Å²) in [5, 5.41) is 3.07. The number of nitrogens with one attached hydrogen (secondary N) is 1. The summed E-state index contributed by atoms with van der Waals surface area (Å²) in [4.78, 5) is 28.1. The summed E-state index contributed by atoms with van der Waals surface area (Å²) in [5.74, 6) is 0.0746. The highest BCUT2D eigenvalue weighted by Gasteiger charge is 2.19. The molecule has 1 aliphatic rings. The summed E-state index contributed by atoms with van der Waals surface area (Å²) in [7, 11) is 1.74. The number of nitrogens with zero attached hydrogens (tertiary/aromatic N) is 5. The van der Waals surface area contributed by atoms with Crippen LogP contribution < -0.4 is 5.32 Å². The minimum Gasteiger partial charge on any atom is -0.354 e. The number of pyridine rings is 1. The molecule has 0 atom stereocenters. The lowest BCUT2D eigenvalue weighted by atomic mass is 10.1. The van der Waals surface area contributed by atoms with Gasteiger partial charge in [-0.15, -0.1) is 6.58 Å². The summed E-state index contributed by atoms with van der Waals surface area (Å²) in [6.45, 7) is 21.4. The molecule has 0 spiro atoms. The van der Waals surface area contributed by atoms with Gasteiger partial charge >= 0.3 is 0 Å². The fourth-order valence-corrected chi connectivity index (χ4v) is 3.90. The molecule has 1 fully saturated rings. The van der Waals surface area contributed by atoms with Crippen LogP contribution in [0.3, 0.4) is 0 Å². The molecule has 7 nitrogen and oxygen atoms in total. The van der Waals surface area contributed by atoms with Gasteiger partial charge < -0.3 is 5.32 Å². The van der Waals surface area contributed by atoms with E-state index in [-0.39, 0.29) is 5.91 Å². The van der Waals surface area contributed by atoms with Gasteiger partial charge in [-0.25, -0.2) is 0 Å². The quantitative estimate of drug-likeness (QED) is 0.260. The summed E-state index contributed by atoms with van der Waals surface area (Å²) >= 11 is 0. The number of carbonyl (C=O) groups is 1. The molecule has 2 heterocycles. The van der Waals surface area contributed by atoms with Gasteiger partial charge in [0.2, 0.25) is 5.91 Å². The average Bonchev–Trinajstić information content (AvgIpc) is 2.85. The smallest absolute Gasteiger partial charge is 0.234 e. The Morgan fingerprint density at radius 1 is 1.15 bits per heavy atom. The van der Waals surface area contributed by atoms with E-state index in [0.717, 1.165) is 62.8 Å². The van der Waals surface area contributed by atoms with E-state index < -0.39 is 0 Å². The Morgan fingerprint density at radius 2 is 1.85 bits per heavy atom. The number of hydrogen-bond donors (Lipinski definition) is 1. The predicted octanol–water partition coefficient (Wildman–Crippen LogP) is 2.54. The Morgan fingerprint density at radius 3 is 2.38 bits per heavy atom. The fourth-order valence-electron chi connectivity index (χ4n) is 3.90. The first-order chi connectivity index (χ1) is 16.5. The highest BCUT2D eigenvalue weighted by molar-refractivity contribution is 6.08. The van der Waals surface area contributed by atoms with Crippen LogP contribution in [0.5, 0.6) is 0 Å². The normalized spacial score (nSPS) is 15.9. The van der Waals surface area contributed by atoms with Crippen molar-refractivity contribution in [2.24, 2.45) is 4.99 Å². The standard InChI is InChI=1S/C27H40N6O/c1-6-13-31(21-25-11-10-24(19-30-25)26(9-4)28-5)14-12-29-27(34)22-33-17-15-32(16-18-33)20-23(7-2)8-3/h6-11,19H,1-2,4,12-18,20-22H2,3,5H3,(H,29,34)/b23-8+,28-26+. The molecule has 0 radical (unpaired) electrons. The molecular weight excluding hydrogens is 424 g/mol. The van der Waals surface area contributed by atoms with Gasteiger partial charge in [0.1, 0.15) is 0 Å². The summed E-state index contributed by atoms with van der Waals surface area (Å²) in [6.07, 6.45) is 9.45. The number of rotatable bonds is 14. The molecule has 184 valence electrons. The third-order valence-electron chi connectivity index (χ3n) is 5.95. The van der Waals surface area contributed by atoms with Crippen molar-refractivity contribution in [3.05, 3.63) is 79.2 Å². The molecule has 0 saturated carbocycles. The van der Waals surface area contributed by atoms with E-state index in [1.165, 1.54) is 5.57 Å². The molecule has 0 unspecified atom stereocenters. The van der Waals surface area contributed by atoms with Crippen LogP contribution in [0.2, 0.25) is 0 Å². The van der Waals surface area contributed by atoms with E-state index in [1.54, 1.807) is 13.1 Å². The third kappa shape index (κ3) is 9.17. The van der Waals surface area contributed by atoms with Crippen molar-refractivity contribution in [1.82, 2.24) is 25.0 Å². The monoisotopic (exact) mass is 464 g/mol. The Balaban J connectivity index is 1.74. The van der Waals surface area contributed by atoms with Crippen molar-refractivity contribution < 1.29 is 4.79 Å². The van der Waals surface area contributed by atoms with Crippen LogP contribution in [0.15, 0.2) is 72.9 Å². The second kappa shape index (κ2) is 15.1. The van der Waals surface area contributed by atoms with E-state index in [2.05, 4.69) is 55.8 Å². The lowest BCUT2D eigenvalue weighted by molar-refractivity contribution is -0.122. The maximum atomic E-state index is 12.5. The van der Waals surface area contributed by atoms with Crippen LogP contribution in [0.25, 0.3) is 0 Å². The van der Waals surface area contributed by atoms with E-state index in [4.69, 9.17) is 0 Å². The minimum absolute atomic E-state index is 0.0746. The number of amides is 1. The Kier molecular flexibility index (Phi) is 12.2. The summed E-state index contributed by atoms with van der Waals surface area (Å²) in [6, 6.07) is 4.02. The van der Waals surface area contributed by atoms with E-state index >= 15 is 0 Å². The van der Waals surface area contributed by atoms with Crippen LogP contribution in [-0.2, 0) is 11.3 Å². The van der Waals surface area contributed by atoms with Gasteiger partial charge in [0, 0.05) is 77.7 Å². The number of piperazine rings is 1. The van der Waals surface area contributed by atoms with Crippen molar-refractivity contribution in [3.63, 3.8) is 0 Å². The molecule has 0 bridgehead atoms. The summed E-state index contributed by atoms with van der Waals surface area (Å²) < 4.78 is 0. The van der Waals surface area contributed by atoms with Crippen LogP contribution in [-0.4, -0.2) is 97.3 Å². The molecular formula is C27H40N6O. The Bertz CT molecular complexity index is 866. The molecule has 2 rings (SSSR count). The van der Waals surface area contributed by atoms with Crippen LogP contribution in [0, 0.1) is 0 Å². The first kappa shape index (κ1) is 27.4. The molecule has 0 aromatic carbocycles. The van der Waals surface area contributed by atoms with Crippen LogP contribution in [0.4, 0.5) is 0 Å². The number of aromatic nitrogens is 1. The predicted molar refractivity (Wildman–Crippen MR) is 142 cm³/mol. The van der Waals surface area contributed by atoms with E-state index in [0.29, 0.717) is 19.6 Å². The van der Waals surface area contributed by atoms with Gasteiger partial charge in [-0.1, -0.05) is 31.4 Å². The van der Waals surface area contributed by atoms with Gasteiger partial charge in [0.05, 0.1) is 18.0 Å². The molecule has 0 aliphatic carbocycles. The largest absolute Gasteiger partial charge is 0.354 e. The Hall–Kier alpha value is -2.87. The maximum absolute atomic E-state index is 12.5. The highest BCUT2D eigenvalue weighted by atomic mass is 16.2. The average molecular weight is 465 g/mol. The molecule has 1 N–H and O–H groups in total. The molecule has 1 aliphatic heterocycles. The van der Waals surface area contributed by atoms with Crippen molar-refractivity contribution in [2.45, 2.75) is 13.5 Å². The SMILES string of the molecule is C=CCN(CCNC(=O)CN1CCN(C/C(C=C)=C/C)CC1)Cc1ccc(/C(C=C)=N/C)cn1. The van der Waals surface area contributed by atoms with Gasteiger partial charge in [-0.3, -0.25) is 29.5 Å². The lowest BCUT2D eigenvalue weighted by Crippen LogP contribution is -2.50. The first-order valence-corrected chi connectivity index (χ1v) is 11.9. The zero-order valence-electron chi connectivity index (χ0n) is 20.9. The Labute approximate surface area is 205 Å².